The van der Waals surface area contributed by atoms with Gasteiger partial charge in [0, 0.05) is 16.8 Å². The van der Waals surface area contributed by atoms with Crippen LogP contribution in [0.3, 0.4) is 0 Å². The Morgan fingerprint density at radius 2 is 2.00 bits per heavy atom. The number of halogens is 1. The average molecular weight is 326 g/mol. The van der Waals surface area contributed by atoms with Crippen LogP contribution in [0.1, 0.15) is 0 Å². The van der Waals surface area contributed by atoms with E-state index in [0.29, 0.717) is 4.73 Å². The van der Waals surface area contributed by atoms with Crippen LogP contribution >= 0.6 is 38.6 Å². The molecule has 0 saturated carbocycles. The number of aromatic nitrogens is 3. The van der Waals surface area contributed by atoms with Crippen molar-refractivity contribution >= 4 is 38.6 Å². The lowest BCUT2D eigenvalue weighted by molar-refractivity contribution is 0.769. The number of thiophene rings is 2. The number of nitrogens with zero attached hydrogens (tertiary/aromatic N) is 3. The first-order valence-electron chi connectivity index (χ1n) is 4.94. The zero-order valence-corrected chi connectivity index (χ0v) is 12.1. The van der Waals surface area contributed by atoms with Gasteiger partial charge in [0.2, 0.25) is 4.73 Å². The van der Waals surface area contributed by atoms with Gasteiger partial charge in [-0.05, 0) is 39.5 Å². The zero-order chi connectivity index (χ0) is 11.8. The van der Waals surface area contributed by atoms with Crippen LogP contribution in [0.5, 0.6) is 0 Å². The molecule has 3 heterocycles. The molecule has 0 aliphatic heterocycles. The van der Waals surface area contributed by atoms with Crippen molar-refractivity contribution in [3.05, 3.63) is 34.4 Å². The van der Waals surface area contributed by atoms with Crippen LogP contribution in [-0.2, 0) is 7.05 Å². The Hall–Kier alpha value is -0.980. The molecule has 0 saturated heterocycles. The van der Waals surface area contributed by atoms with Crippen molar-refractivity contribution < 1.29 is 0 Å². The quantitative estimate of drug-likeness (QED) is 0.712. The van der Waals surface area contributed by atoms with E-state index in [-0.39, 0.29) is 0 Å². The average Bonchev–Trinajstić information content (AvgIpc) is 2.97. The molecule has 0 amide bonds. The predicted molar refractivity (Wildman–Crippen MR) is 75.3 cm³/mol. The molecule has 6 heteroatoms. The summed E-state index contributed by atoms with van der Waals surface area (Å²) >= 11 is 6.78. The summed E-state index contributed by atoms with van der Waals surface area (Å²) in [4.78, 5) is 8.06. The molecular formula is C11H8BrN3S2. The Kier molecular flexibility index (Phi) is 2.85. The minimum Gasteiger partial charge on any atom is -0.247 e. The van der Waals surface area contributed by atoms with Crippen molar-refractivity contribution in [2.75, 3.05) is 0 Å². The van der Waals surface area contributed by atoms with Crippen LogP contribution in [0.25, 0.3) is 20.5 Å². The number of rotatable bonds is 2. The van der Waals surface area contributed by atoms with E-state index in [1.807, 2.05) is 7.05 Å². The highest BCUT2D eigenvalue weighted by molar-refractivity contribution is 9.10. The first kappa shape index (κ1) is 11.1. The van der Waals surface area contributed by atoms with Gasteiger partial charge in [0.1, 0.15) is 0 Å². The lowest BCUT2D eigenvalue weighted by Gasteiger charge is -1.94. The Balaban J connectivity index is 2.03. The standard InChI is InChI=1S/C11H8BrN3S2/c1-15-10(13-11(12)14-15)9-5-4-8(17-9)7-3-2-6-16-7/h2-6H,1H3. The monoisotopic (exact) mass is 325 g/mol. The molecule has 0 aromatic carbocycles. The molecular weight excluding hydrogens is 318 g/mol. The topological polar surface area (TPSA) is 30.7 Å². The van der Waals surface area contributed by atoms with Crippen molar-refractivity contribution in [1.29, 1.82) is 0 Å². The largest absolute Gasteiger partial charge is 0.247 e. The molecule has 0 atom stereocenters. The third-order valence-electron chi connectivity index (χ3n) is 2.33. The van der Waals surface area contributed by atoms with Gasteiger partial charge in [-0.25, -0.2) is 9.67 Å². The predicted octanol–water partition coefficient (Wildman–Crippen LogP) is 4.03. The van der Waals surface area contributed by atoms with Gasteiger partial charge in [-0.15, -0.1) is 27.8 Å². The molecule has 0 bridgehead atoms. The van der Waals surface area contributed by atoms with Gasteiger partial charge < -0.3 is 0 Å². The summed E-state index contributed by atoms with van der Waals surface area (Å²) < 4.78 is 2.41. The van der Waals surface area contributed by atoms with Gasteiger partial charge in [-0.3, -0.25) is 0 Å². The van der Waals surface area contributed by atoms with E-state index in [1.165, 1.54) is 9.75 Å². The highest BCUT2D eigenvalue weighted by Crippen LogP contribution is 2.35. The Labute approximate surface area is 115 Å². The maximum absolute atomic E-state index is 4.36. The maximum atomic E-state index is 4.36. The third-order valence-corrected chi connectivity index (χ3v) is 4.81. The smallest absolute Gasteiger partial charge is 0.217 e. The summed E-state index contributed by atoms with van der Waals surface area (Å²) in [6.45, 7) is 0. The van der Waals surface area contributed by atoms with Gasteiger partial charge in [0.15, 0.2) is 5.82 Å². The summed E-state index contributed by atoms with van der Waals surface area (Å²) in [6, 6.07) is 8.43. The van der Waals surface area contributed by atoms with Gasteiger partial charge in [-0.2, -0.15) is 0 Å². The van der Waals surface area contributed by atoms with Crippen LogP contribution in [0.2, 0.25) is 0 Å². The normalized spacial score (nSPS) is 10.9. The van der Waals surface area contributed by atoms with E-state index in [2.05, 4.69) is 55.7 Å². The molecule has 0 aliphatic carbocycles. The lowest BCUT2D eigenvalue weighted by Crippen LogP contribution is -1.92. The van der Waals surface area contributed by atoms with Crippen LogP contribution in [0.15, 0.2) is 34.4 Å². The molecule has 0 unspecified atom stereocenters. The minimum absolute atomic E-state index is 0.626. The van der Waals surface area contributed by atoms with Gasteiger partial charge in [-0.1, -0.05) is 6.07 Å². The second-order valence-corrected chi connectivity index (χ2v) is 6.21. The molecule has 3 nitrogen and oxygen atoms in total. The van der Waals surface area contributed by atoms with E-state index in [4.69, 9.17) is 0 Å². The van der Waals surface area contributed by atoms with Crippen molar-refractivity contribution in [2.24, 2.45) is 7.05 Å². The van der Waals surface area contributed by atoms with E-state index >= 15 is 0 Å². The van der Waals surface area contributed by atoms with Crippen LogP contribution in [-0.4, -0.2) is 14.8 Å². The highest BCUT2D eigenvalue weighted by Gasteiger charge is 2.11. The van der Waals surface area contributed by atoms with E-state index in [0.717, 1.165) is 10.7 Å². The number of hydrogen-bond acceptors (Lipinski definition) is 4. The Morgan fingerprint density at radius 3 is 2.65 bits per heavy atom. The third kappa shape index (κ3) is 2.08. The second-order valence-electron chi connectivity index (χ2n) is 3.47. The molecule has 0 N–H and O–H groups in total. The fraction of sp³-hybridized carbons (Fsp3) is 0.0909. The van der Waals surface area contributed by atoms with E-state index in [1.54, 1.807) is 27.4 Å². The molecule has 3 aromatic heterocycles. The van der Waals surface area contributed by atoms with Crippen molar-refractivity contribution in [2.45, 2.75) is 0 Å². The summed E-state index contributed by atoms with van der Waals surface area (Å²) in [5, 5.41) is 6.28. The van der Waals surface area contributed by atoms with Gasteiger partial charge >= 0.3 is 0 Å². The number of hydrogen-bond donors (Lipinski definition) is 0. The minimum atomic E-state index is 0.626. The summed E-state index contributed by atoms with van der Waals surface area (Å²) in [6.07, 6.45) is 0. The summed E-state index contributed by atoms with van der Waals surface area (Å²) in [7, 11) is 1.90. The van der Waals surface area contributed by atoms with Crippen molar-refractivity contribution in [3.8, 4) is 20.5 Å². The molecule has 3 rings (SSSR count). The molecule has 0 aliphatic rings. The fourth-order valence-electron chi connectivity index (χ4n) is 1.58. The van der Waals surface area contributed by atoms with Crippen molar-refractivity contribution in [1.82, 2.24) is 14.8 Å². The van der Waals surface area contributed by atoms with E-state index < -0.39 is 0 Å². The van der Waals surface area contributed by atoms with Crippen LogP contribution in [0.4, 0.5) is 0 Å². The maximum Gasteiger partial charge on any atom is 0.217 e. The van der Waals surface area contributed by atoms with Gasteiger partial charge in [0.05, 0.1) is 4.88 Å². The summed E-state index contributed by atoms with van der Waals surface area (Å²) in [5.41, 5.74) is 0. The molecule has 3 aromatic rings. The SMILES string of the molecule is Cn1nc(Br)nc1-c1ccc(-c2cccs2)s1. The Morgan fingerprint density at radius 1 is 1.18 bits per heavy atom. The molecule has 0 fully saturated rings. The van der Waals surface area contributed by atoms with Gasteiger partial charge in [0.25, 0.3) is 0 Å². The molecule has 86 valence electrons. The van der Waals surface area contributed by atoms with E-state index in [9.17, 15) is 0 Å². The second kappa shape index (κ2) is 4.36. The highest BCUT2D eigenvalue weighted by atomic mass is 79.9. The Bertz CT molecular complexity index is 640. The first-order valence-corrected chi connectivity index (χ1v) is 7.43. The molecule has 0 radical (unpaired) electrons. The van der Waals surface area contributed by atoms with Crippen molar-refractivity contribution in [3.63, 3.8) is 0 Å². The number of aryl methyl sites for hydroxylation is 1. The molecule has 17 heavy (non-hydrogen) atoms. The molecule has 0 spiro atoms. The first-order chi connectivity index (χ1) is 8.24. The van der Waals surface area contributed by atoms with Crippen LogP contribution < -0.4 is 0 Å². The lowest BCUT2D eigenvalue weighted by atomic mass is 10.3. The fourth-order valence-corrected chi connectivity index (χ4v) is 3.84. The van der Waals surface area contributed by atoms with Crippen LogP contribution in [0, 0.1) is 0 Å². The summed E-state index contributed by atoms with van der Waals surface area (Å²) in [5.74, 6) is 0.893. The zero-order valence-electron chi connectivity index (χ0n) is 8.92.